The lowest BCUT2D eigenvalue weighted by Crippen LogP contribution is -2.42. The molecule has 4 aromatic rings. The molecular formula is C25H20N4O4. The lowest BCUT2D eigenvalue weighted by Gasteiger charge is -2.29. The SMILES string of the molecule is CC1(C)OC(=O)C(=CNc2cccc(-c3ccnc4c(-c5ccccc5)cnn34)c2)C(=O)O1. The third-order valence-corrected chi connectivity index (χ3v) is 5.14. The number of hydrogen-bond donors (Lipinski definition) is 1. The highest BCUT2D eigenvalue weighted by molar-refractivity contribution is 6.15. The van der Waals surface area contributed by atoms with Crippen LogP contribution < -0.4 is 5.32 Å². The zero-order valence-corrected chi connectivity index (χ0v) is 18.0. The van der Waals surface area contributed by atoms with Crippen molar-refractivity contribution in [2.75, 3.05) is 5.32 Å². The summed E-state index contributed by atoms with van der Waals surface area (Å²) in [6.07, 6.45) is 4.84. The van der Waals surface area contributed by atoms with E-state index in [0.717, 1.165) is 28.0 Å². The van der Waals surface area contributed by atoms with Crippen LogP contribution in [-0.2, 0) is 19.1 Å². The molecule has 0 amide bonds. The normalized spacial score (nSPS) is 15.2. The van der Waals surface area contributed by atoms with Crippen molar-refractivity contribution >= 4 is 23.3 Å². The van der Waals surface area contributed by atoms with Gasteiger partial charge in [-0.05, 0) is 23.8 Å². The van der Waals surface area contributed by atoms with Crippen LogP contribution in [0.4, 0.5) is 5.69 Å². The lowest BCUT2D eigenvalue weighted by atomic mass is 10.1. The number of carbonyl (C=O) groups excluding carboxylic acids is 2. The van der Waals surface area contributed by atoms with Crippen molar-refractivity contribution in [2.45, 2.75) is 19.6 Å². The predicted molar refractivity (Wildman–Crippen MR) is 122 cm³/mol. The molecule has 2 aromatic heterocycles. The van der Waals surface area contributed by atoms with Crippen LogP contribution in [0.1, 0.15) is 13.8 Å². The highest BCUT2D eigenvalue weighted by atomic mass is 16.7. The van der Waals surface area contributed by atoms with E-state index < -0.39 is 17.7 Å². The number of rotatable bonds is 4. The number of nitrogens with zero attached hydrogens (tertiary/aromatic N) is 3. The molecule has 5 rings (SSSR count). The van der Waals surface area contributed by atoms with E-state index in [-0.39, 0.29) is 5.57 Å². The largest absolute Gasteiger partial charge is 0.419 e. The first-order chi connectivity index (χ1) is 15.9. The molecular weight excluding hydrogens is 420 g/mol. The molecule has 0 aliphatic carbocycles. The van der Waals surface area contributed by atoms with Gasteiger partial charge in [0.25, 0.3) is 5.79 Å². The zero-order valence-electron chi connectivity index (χ0n) is 18.0. The van der Waals surface area contributed by atoms with E-state index in [0.29, 0.717) is 5.69 Å². The number of benzene rings is 2. The van der Waals surface area contributed by atoms with E-state index in [9.17, 15) is 9.59 Å². The van der Waals surface area contributed by atoms with Crippen LogP contribution in [0.5, 0.6) is 0 Å². The summed E-state index contributed by atoms with van der Waals surface area (Å²) in [6, 6.07) is 19.4. The van der Waals surface area contributed by atoms with Gasteiger partial charge in [0.2, 0.25) is 0 Å². The highest BCUT2D eigenvalue weighted by Gasteiger charge is 2.38. The lowest BCUT2D eigenvalue weighted by molar-refractivity contribution is -0.222. The summed E-state index contributed by atoms with van der Waals surface area (Å²) < 4.78 is 12.0. The molecule has 2 aromatic carbocycles. The molecule has 1 fully saturated rings. The number of aromatic nitrogens is 3. The molecule has 0 atom stereocenters. The number of fused-ring (bicyclic) bond motifs is 1. The highest BCUT2D eigenvalue weighted by Crippen LogP contribution is 2.28. The van der Waals surface area contributed by atoms with Crippen LogP contribution in [0, 0.1) is 0 Å². The molecule has 1 saturated heterocycles. The van der Waals surface area contributed by atoms with E-state index >= 15 is 0 Å². The number of hydrogen-bond acceptors (Lipinski definition) is 7. The number of carbonyl (C=O) groups is 2. The Hall–Kier alpha value is -4.46. The Kier molecular flexibility index (Phi) is 4.90. The summed E-state index contributed by atoms with van der Waals surface area (Å²) in [6.45, 7) is 3.01. The fourth-order valence-electron chi connectivity index (χ4n) is 3.63. The van der Waals surface area contributed by atoms with Crippen molar-refractivity contribution in [1.29, 1.82) is 0 Å². The van der Waals surface area contributed by atoms with Gasteiger partial charge in [-0.15, -0.1) is 0 Å². The van der Waals surface area contributed by atoms with Gasteiger partial charge in [-0.1, -0.05) is 42.5 Å². The van der Waals surface area contributed by atoms with Crippen molar-refractivity contribution in [1.82, 2.24) is 14.6 Å². The molecule has 0 bridgehead atoms. The minimum atomic E-state index is -1.28. The van der Waals surface area contributed by atoms with Crippen molar-refractivity contribution in [3.05, 3.63) is 84.8 Å². The Balaban J connectivity index is 1.46. The van der Waals surface area contributed by atoms with Crippen LogP contribution in [-0.4, -0.2) is 32.3 Å². The summed E-state index contributed by atoms with van der Waals surface area (Å²) in [4.78, 5) is 28.8. The maximum atomic E-state index is 12.1. The van der Waals surface area contributed by atoms with Crippen LogP contribution in [0.25, 0.3) is 28.0 Å². The first-order valence-corrected chi connectivity index (χ1v) is 10.3. The van der Waals surface area contributed by atoms with Gasteiger partial charge in [0, 0.05) is 43.1 Å². The summed E-state index contributed by atoms with van der Waals surface area (Å²) in [5.41, 5.74) is 4.91. The fraction of sp³-hybridized carbons (Fsp3) is 0.120. The van der Waals surface area contributed by atoms with Gasteiger partial charge >= 0.3 is 11.9 Å². The molecule has 0 radical (unpaired) electrons. The second-order valence-corrected chi connectivity index (χ2v) is 7.95. The van der Waals surface area contributed by atoms with Gasteiger partial charge in [0.15, 0.2) is 11.2 Å². The van der Waals surface area contributed by atoms with Gasteiger partial charge < -0.3 is 14.8 Å². The van der Waals surface area contributed by atoms with Crippen molar-refractivity contribution in [2.24, 2.45) is 0 Å². The van der Waals surface area contributed by atoms with Gasteiger partial charge in [-0.3, -0.25) is 0 Å². The van der Waals surface area contributed by atoms with E-state index in [1.165, 1.54) is 20.0 Å². The molecule has 1 N–H and O–H groups in total. The number of ether oxygens (including phenoxy) is 2. The maximum Gasteiger partial charge on any atom is 0.350 e. The Labute approximate surface area is 189 Å². The van der Waals surface area contributed by atoms with E-state index in [4.69, 9.17) is 9.47 Å². The van der Waals surface area contributed by atoms with E-state index in [1.54, 1.807) is 16.9 Å². The average molecular weight is 440 g/mol. The zero-order chi connectivity index (χ0) is 23.0. The number of anilines is 1. The van der Waals surface area contributed by atoms with Crippen molar-refractivity contribution in [3.8, 4) is 22.4 Å². The topological polar surface area (TPSA) is 94.8 Å². The third-order valence-electron chi connectivity index (χ3n) is 5.14. The van der Waals surface area contributed by atoms with Crippen LogP contribution in [0.3, 0.4) is 0 Å². The third kappa shape index (κ3) is 3.94. The molecule has 8 heteroatoms. The molecule has 8 nitrogen and oxygen atoms in total. The Morgan fingerprint density at radius 3 is 2.42 bits per heavy atom. The second kappa shape index (κ2) is 7.90. The van der Waals surface area contributed by atoms with Crippen molar-refractivity contribution in [3.63, 3.8) is 0 Å². The number of nitrogens with one attached hydrogen (secondary N) is 1. The average Bonchev–Trinajstić information content (AvgIpc) is 3.23. The van der Waals surface area contributed by atoms with Gasteiger partial charge in [0.05, 0.1) is 11.9 Å². The van der Waals surface area contributed by atoms with Gasteiger partial charge in [-0.2, -0.15) is 5.10 Å². The smallest absolute Gasteiger partial charge is 0.350 e. The molecule has 1 aliphatic heterocycles. The van der Waals surface area contributed by atoms with Gasteiger partial charge in [0.1, 0.15) is 0 Å². The van der Waals surface area contributed by atoms with E-state index in [1.807, 2.05) is 60.7 Å². The molecule has 1 aliphatic rings. The molecule has 164 valence electrons. The standard InChI is InChI=1S/C25H20N4O4/c1-25(2)32-23(30)20(24(31)33-25)14-27-18-10-6-9-17(13-18)21-11-12-26-22-19(15-28-29(21)22)16-7-4-3-5-8-16/h3-15,27H,1-2H3. The monoisotopic (exact) mass is 440 g/mol. The Morgan fingerprint density at radius 1 is 0.939 bits per heavy atom. The first kappa shape index (κ1) is 20.4. The van der Waals surface area contributed by atoms with Crippen molar-refractivity contribution < 1.29 is 19.1 Å². The van der Waals surface area contributed by atoms with E-state index in [2.05, 4.69) is 15.4 Å². The molecule has 0 unspecified atom stereocenters. The Bertz CT molecular complexity index is 1380. The quantitative estimate of drug-likeness (QED) is 0.289. The summed E-state index contributed by atoms with van der Waals surface area (Å²) >= 11 is 0. The maximum absolute atomic E-state index is 12.1. The predicted octanol–water partition coefficient (Wildman–Crippen LogP) is 4.20. The first-order valence-electron chi connectivity index (χ1n) is 10.3. The van der Waals surface area contributed by atoms with Crippen LogP contribution >= 0.6 is 0 Å². The van der Waals surface area contributed by atoms with Crippen LogP contribution in [0.2, 0.25) is 0 Å². The Morgan fingerprint density at radius 2 is 1.67 bits per heavy atom. The van der Waals surface area contributed by atoms with Gasteiger partial charge in [-0.25, -0.2) is 19.1 Å². The summed E-state index contributed by atoms with van der Waals surface area (Å²) in [7, 11) is 0. The molecule has 3 heterocycles. The van der Waals surface area contributed by atoms with Crippen LogP contribution in [0.15, 0.2) is 84.8 Å². The second-order valence-electron chi connectivity index (χ2n) is 7.95. The number of esters is 2. The fourth-order valence-corrected chi connectivity index (χ4v) is 3.63. The number of cyclic esters (lactones) is 2. The summed E-state index contributed by atoms with van der Waals surface area (Å²) in [5.74, 6) is -2.75. The molecule has 33 heavy (non-hydrogen) atoms. The minimum absolute atomic E-state index is 0.203. The molecule has 0 saturated carbocycles. The minimum Gasteiger partial charge on any atom is -0.419 e. The molecule has 0 spiro atoms. The summed E-state index contributed by atoms with van der Waals surface area (Å²) in [5, 5.41) is 7.54.